The van der Waals surface area contributed by atoms with Gasteiger partial charge in [0.1, 0.15) is 11.6 Å². The van der Waals surface area contributed by atoms with E-state index < -0.39 is 11.6 Å². The summed E-state index contributed by atoms with van der Waals surface area (Å²) in [5.41, 5.74) is 3.07. The van der Waals surface area contributed by atoms with Crippen molar-refractivity contribution in [2.45, 2.75) is 31.7 Å². The highest BCUT2D eigenvalue weighted by Crippen LogP contribution is 2.35. The van der Waals surface area contributed by atoms with Crippen LogP contribution < -0.4 is 11.3 Å². The Labute approximate surface area is 93.8 Å². The fourth-order valence-electron chi connectivity index (χ4n) is 2.13. The number of nitrogens with two attached hydrogens (primary N) is 1. The van der Waals surface area contributed by atoms with Gasteiger partial charge < -0.3 is 0 Å². The van der Waals surface area contributed by atoms with Crippen LogP contribution in [-0.2, 0) is 0 Å². The molecule has 1 fully saturated rings. The minimum absolute atomic E-state index is 0.217. The molecule has 0 aromatic heterocycles. The standard InChI is InChI=1S/C12H16F2N2/c13-9-4-5-10(11(14)7-9)12(16-15)6-8-2-1-3-8/h4-5,7-8,12,16H,1-3,6,15H2. The number of nitrogens with one attached hydrogen (secondary N) is 1. The van der Waals surface area contributed by atoms with Crippen LogP contribution in [-0.4, -0.2) is 0 Å². The summed E-state index contributed by atoms with van der Waals surface area (Å²) in [6.07, 6.45) is 4.43. The van der Waals surface area contributed by atoms with E-state index in [0.29, 0.717) is 11.5 Å². The van der Waals surface area contributed by atoms with Crippen LogP contribution >= 0.6 is 0 Å². The van der Waals surface area contributed by atoms with E-state index >= 15 is 0 Å². The van der Waals surface area contributed by atoms with E-state index in [2.05, 4.69) is 5.43 Å². The topological polar surface area (TPSA) is 38.0 Å². The van der Waals surface area contributed by atoms with Crippen LogP contribution in [0.25, 0.3) is 0 Å². The number of hydrogen-bond acceptors (Lipinski definition) is 2. The fourth-order valence-corrected chi connectivity index (χ4v) is 2.13. The summed E-state index contributed by atoms with van der Waals surface area (Å²) in [5, 5.41) is 0. The lowest BCUT2D eigenvalue weighted by Gasteiger charge is -2.29. The Kier molecular flexibility index (Phi) is 3.51. The van der Waals surface area contributed by atoms with Gasteiger partial charge in [-0.05, 0) is 18.4 Å². The Morgan fingerprint density at radius 2 is 2.12 bits per heavy atom. The molecule has 1 aliphatic carbocycles. The molecule has 1 atom stereocenters. The zero-order chi connectivity index (χ0) is 11.5. The van der Waals surface area contributed by atoms with Crippen molar-refractivity contribution in [2.24, 2.45) is 11.8 Å². The second-order valence-corrected chi connectivity index (χ2v) is 4.42. The predicted octanol–water partition coefficient (Wildman–Crippen LogP) is 2.66. The van der Waals surface area contributed by atoms with Gasteiger partial charge in [-0.15, -0.1) is 0 Å². The highest BCUT2D eigenvalue weighted by molar-refractivity contribution is 5.22. The van der Waals surface area contributed by atoms with Gasteiger partial charge in [-0.1, -0.05) is 25.3 Å². The van der Waals surface area contributed by atoms with Gasteiger partial charge >= 0.3 is 0 Å². The number of benzene rings is 1. The molecule has 1 aromatic carbocycles. The smallest absolute Gasteiger partial charge is 0.130 e. The molecular weight excluding hydrogens is 210 g/mol. The third-order valence-electron chi connectivity index (χ3n) is 3.33. The molecule has 4 heteroatoms. The van der Waals surface area contributed by atoms with E-state index in [1.54, 1.807) is 0 Å². The lowest BCUT2D eigenvalue weighted by molar-refractivity contribution is 0.259. The van der Waals surface area contributed by atoms with Gasteiger partial charge in [0.25, 0.3) is 0 Å². The number of hydrazine groups is 1. The second-order valence-electron chi connectivity index (χ2n) is 4.42. The Balaban J connectivity index is 2.11. The van der Waals surface area contributed by atoms with E-state index in [0.717, 1.165) is 12.5 Å². The fraction of sp³-hybridized carbons (Fsp3) is 0.500. The SMILES string of the molecule is NNC(CC1CCC1)c1ccc(F)cc1F. The summed E-state index contributed by atoms with van der Waals surface area (Å²) in [7, 11) is 0. The Morgan fingerprint density at radius 3 is 2.62 bits per heavy atom. The molecule has 2 nitrogen and oxygen atoms in total. The number of rotatable bonds is 4. The molecule has 1 saturated carbocycles. The summed E-state index contributed by atoms with van der Waals surface area (Å²) < 4.78 is 26.3. The van der Waals surface area contributed by atoms with E-state index in [4.69, 9.17) is 5.84 Å². The first kappa shape index (κ1) is 11.5. The molecule has 16 heavy (non-hydrogen) atoms. The van der Waals surface area contributed by atoms with Gasteiger partial charge in [0.05, 0.1) is 0 Å². The van der Waals surface area contributed by atoms with Crippen molar-refractivity contribution >= 4 is 0 Å². The van der Waals surface area contributed by atoms with E-state index in [1.807, 2.05) is 0 Å². The number of hydrogen-bond donors (Lipinski definition) is 2. The maximum atomic E-state index is 13.5. The van der Waals surface area contributed by atoms with Gasteiger partial charge in [-0.3, -0.25) is 11.3 Å². The lowest BCUT2D eigenvalue weighted by Crippen LogP contribution is -2.31. The summed E-state index contributed by atoms with van der Waals surface area (Å²) >= 11 is 0. The maximum Gasteiger partial charge on any atom is 0.130 e. The van der Waals surface area contributed by atoms with Gasteiger partial charge in [-0.25, -0.2) is 8.78 Å². The molecule has 2 rings (SSSR count). The highest BCUT2D eigenvalue weighted by Gasteiger charge is 2.24. The van der Waals surface area contributed by atoms with Crippen LogP contribution in [0.5, 0.6) is 0 Å². The first-order chi connectivity index (χ1) is 7.70. The Morgan fingerprint density at radius 1 is 1.38 bits per heavy atom. The molecule has 0 radical (unpaired) electrons. The first-order valence-corrected chi connectivity index (χ1v) is 5.62. The molecule has 1 aromatic rings. The van der Waals surface area contributed by atoms with Crippen molar-refractivity contribution in [3.05, 3.63) is 35.4 Å². The monoisotopic (exact) mass is 226 g/mol. The molecule has 0 saturated heterocycles. The maximum absolute atomic E-state index is 13.5. The van der Waals surface area contributed by atoms with Crippen molar-refractivity contribution in [3.8, 4) is 0 Å². The van der Waals surface area contributed by atoms with Crippen molar-refractivity contribution in [1.29, 1.82) is 0 Å². The molecule has 1 aliphatic rings. The van der Waals surface area contributed by atoms with Crippen LogP contribution in [0.1, 0.15) is 37.3 Å². The minimum Gasteiger partial charge on any atom is -0.271 e. The van der Waals surface area contributed by atoms with Crippen LogP contribution in [0.15, 0.2) is 18.2 Å². The minimum atomic E-state index is -0.555. The molecule has 0 spiro atoms. The molecule has 0 amide bonds. The average Bonchev–Trinajstić information content (AvgIpc) is 2.18. The van der Waals surface area contributed by atoms with Crippen molar-refractivity contribution in [2.75, 3.05) is 0 Å². The van der Waals surface area contributed by atoms with Gasteiger partial charge in [-0.2, -0.15) is 0 Å². The largest absolute Gasteiger partial charge is 0.271 e. The van der Waals surface area contributed by atoms with Crippen LogP contribution in [0.3, 0.4) is 0 Å². The Bertz CT molecular complexity index is 364. The summed E-state index contributed by atoms with van der Waals surface area (Å²) in [4.78, 5) is 0. The van der Waals surface area contributed by atoms with Gasteiger partial charge in [0.2, 0.25) is 0 Å². The highest BCUT2D eigenvalue weighted by atomic mass is 19.1. The zero-order valence-corrected chi connectivity index (χ0v) is 9.05. The zero-order valence-electron chi connectivity index (χ0n) is 9.05. The van der Waals surface area contributed by atoms with Crippen LogP contribution in [0.2, 0.25) is 0 Å². The van der Waals surface area contributed by atoms with Crippen LogP contribution in [0.4, 0.5) is 8.78 Å². The first-order valence-electron chi connectivity index (χ1n) is 5.62. The summed E-state index contributed by atoms with van der Waals surface area (Å²) in [6, 6.07) is 3.42. The molecule has 0 heterocycles. The van der Waals surface area contributed by atoms with Gasteiger partial charge in [0, 0.05) is 17.7 Å². The van der Waals surface area contributed by atoms with Crippen molar-refractivity contribution in [1.82, 2.24) is 5.43 Å². The van der Waals surface area contributed by atoms with E-state index in [9.17, 15) is 8.78 Å². The third kappa shape index (κ3) is 2.39. The van der Waals surface area contributed by atoms with Gasteiger partial charge in [0.15, 0.2) is 0 Å². The predicted molar refractivity (Wildman–Crippen MR) is 58.4 cm³/mol. The average molecular weight is 226 g/mol. The van der Waals surface area contributed by atoms with E-state index in [-0.39, 0.29) is 6.04 Å². The van der Waals surface area contributed by atoms with Crippen LogP contribution in [0, 0.1) is 17.6 Å². The molecule has 1 unspecified atom stereocenters. The molecule has 0 aliphatic heterocycles. The second kappa shape index (κ2) is 4.89. The quantitative estimate of drug-likeness (QED) is 0.612. The summed E-state index contributed by atoms with van der Waals surface area (Å²) in [6.45, 7) is 0. The third-order valence-corrected chi connectivity index (χ3v) is 3.33. The normalized spacial score (nSPS) is 18.2. The molecular formula is C12H16F2N2. The van der Waals surface area contributed by atoms with E-state index in [1.165, 1.54) is 31.4 Å². The van der Waals surface area contributed by atoms with Crippen molar-refractivity contribution in [3.63, 3.8) is 0 Å². The summed E-state index contributed by atoms with van der Waals surface area (Å²) in [5.74, 6) is 4.96. The lowest BCUT2D eigenvalue weighted by atomic mass is 9.79. The number of halogens is 2. The molecule has 0 bridgehead atoms. The van der Waals surface area contributed by atoms with Crippen molar-refractivity contribution < 1.29 is 8.78 Å². The molecule has 3 N–H and O–H groups in total. The molecule has 88 valence electrons. The Hall–Kier alpha value is -1.00.